The van der Waals surface area contributed by atoms with Crippen LogP contribution in [0.3, 0.4) is 0 Å². The van der Waals surface area contributed by atoms with E-state index in [1.54, 1.807) is 26.3 Å². The molecule has 0 radical (unpaired) electrons. The van der Waals surface area contributed by atoms with Crippen molar-refractivity contribution in [3.05, 3.63) is 23.8 Å². The minimum atomic E-state index is -0.0411. The number of hydrogen-bond donors (Lipinski definition) is 1. The van der Waals surface area contributed by atoms with Crippen molar-refractivity contribution in [2.75, 3.05) is 20.7 Å². The highest BCUT2D eigenvalue weighted by molar-refractivity contribution is 6.02. The van der Waals surface area contributed by atoms with Crippen molar-refractivity contribution in [2.45, 2.75) is 20.0 Å². The fourth-order valence-corrected chi connectivity index (χ4v) is 1.56. The molecule has 0 aliphatic carbocycles. The van der Waals surface area contributed by atoms with E-state index in [-0.39, 0.29) is 18.4 Å². The molecule has 4 heteroatoms. The highest BCUT2D eigenvalue weighted by Crippen LogP contribution is 2.29. The number of ether oxygens (including phenoxy) is 2. The first kappa shape index (κ1) is 13.5. The molecular formula is C13H19NO3. The fourth-order valence-electron chi connectivity index (χ4n) is 1.56. The Hall–Kier alpha value is -1.55. The molecule has 1 aromatic rings. The smallest absolute Gasteiger partial charge is 0.184 e. The molecule has 1 N–H and O–H groups in total. The number of nitrogens with one attached hydrogen (secondary N) is 1. The number of likely N-dealkylation sites (N-methyl/N-ethyl adjacent to an activating group) is 1. The van der Waals surface area contributed by atoms with Crippen molar-refractivity contribution in [1.29, 1.82) is 0 Å². The molecule has 0 unspecified atom stereocenters. The third-order valence-corrected chi connectivity index (χ3v) is 2.19. The first-order valence-electron chi connectivity index (χ1n) is 5.61. The van der Waals surface area contributed by atoms with Gasteiger partial charge in [-0.15, -0.1) is 0 Å². The summed E-state index contributed by atoms with van der Waals surface area (Å²) in [5, 5.41) is 2.84. The van der Waals surface area contributed by atoms with Gasteiger partial charge in [0.15, 0.2) is 5.78 Å². The number of rotatable bonds is 6. The summed E-state index contributed by atoms with van der Waals surface area (Å²) in [5.74, 6) is 1.07. The third kappa shape index (κ3) is 3.46. The lowest BCUT2D eigenvalue weighted by molar-refractivity contribution is 0.0984. The molecule has 0 amide bonds. The van der Waals surface area contributed by atoms with Gasteiger partial charge in [-0.1, -0.05) is 6.07 Å². The molecule has 0 fully saturated rings. The van der Waals surface area contributed by atoms with E-state index in [4.69, 9.17) is 9.47 Å². The van der Waals surface area contributed by atoms with Gasteiger partial charge in [-0.05, 0) is 33.0 Å². The molecule has 0 bridgehead atoms. The van der Waals surface area contributed by atoms with E-state index in [0.717, 1.165) is 0 Å². The lowest BCUT2D eigenvalue weighted by atomic mass is 10.1. The molecule has 4 nitrogen and oxygen atoms in total. The molecule has 0 atom stereocenters. The van der Waals surface area contributed by atoms with Crippen molar-refractivity contribution < 1.29 is 14.3 Å². The number of ketones is 1. The minimum Gasteiger partial charge on any atom is -0.496 e. The zero-order valence-corrected chi connectivity index (χ0v) is 10.7. The van der Waals surface area contributed by atoms with Crippen LogP contribution in [0.4, 0.5) is 0 Å². The van der Waals surface area contributed by atoms with Crippen LogP contribution in [0.1, 0.15) is 24.2 Å². The third-order valence-electron chi connectivity index (χ3n) is 2.19. The Bertz CT molecular complexity index is 388. The highest BCUT2D eigenvalue weighted by Gasteiger charge is 2.18. The monoisotopic (exact) mass is 237 g/mol. The second kappa shape index (κ2) is 6.25. The topological polar surface area (TPSA) is 47.6 Å². The quantitative estimate of drug-likeness (QED) is 0.767. The van der Waals surface area contributed by atoms with Gasteiger partial charge in [0, 0.05) is 0 Å². The second-order valence-electron chi connectivity index (χ2n) is 3.95. The molecule has 1 rings (SSSR count). The molecule has 1 aromatic carbocycles. The maximum Gasteiger partial charge on any atom is 0.184 e. The predicted molar refractivity (Wildman–Crippen MR) is 67.0 cm³/mol. The van der Waals surface area contributed by atoms with Crippen LogP contribution in [0.2, 0.25) is 0 Å². The largest absolute Gasteiger partial charge is 0.496 e. The SMILES string of the molecule is CNCC(=O)c1c(OC)cccc1OC(C)C. The lowest BCUT2D eigenvalue weighted by Crippen LogP contribution is -2.20. The Labute approximate surface area is 102 Å². The summed E-state index contributed by atoms with van der Waals surface area (Å²) in [4.78, 5) is 12.0. The van der Waals surface area contributed by atoms with Crippen LogP contribution in [0.15, 0.2) is 18.2 Å². The molecular weight excluding hydrogens is 218 g/mol. The molecule has 0 aliphatic heterocycles. The van der Waals surface area contributed by atoms with E-state index in [9.17, 15) is 4.79 Å². The minimum absolute atomic E-state index is 0.0169. The summed E-state index contributed by atoms with van der Waals surface area (Å²) in [7, 11) is 3.28. The maximum absolute atomic E-state index is 12.0. The molecule has 17 heavy (non-hydrogen) atoms. The van der Waals surface area contributed by atoms with E-state index >= 15 is 0 Å². The van der Waals surface area contributed by atoms with E-state index in [2.05, 4.69) is 5.32 Å². The number of carbonyl (C=O) groups excluding carboxylic acids is 1. The maximum atomic E-state index is 12.0. The van der Waals surface area contributed by atoms with Crippen LogP contribution >= 0.6 is 0 Å². The fraction of sp³-hybridized carbons (Fsp3) is 0.462. The summed E-state index contributed by atoms with van der Waals surface area (Å²) < 4.78 is 10.8. The molecule has 0 saturated carbocycles. The number of methoxy groups -OCH3 is 1. The van der Waals surface area contributed by atoms with Crippen molar-refractivity contribution in [3.63, 3.8) is 0 Å². The van der Waals surface area contributed by atoms with Gasteiger partial charge in [0.2, 0.25) is 0 Å². The van der Waals surface area contributed by atoms with Crippen LogP contribution in [0.5, 0.6) is 11.5 Å². The van der Waals surface area contributed by atoms with Crippen LogP contribution in [0, 0.1) is 0 Å². The average molecular weight is 237 g/mol. The summed E-state index contributed by atoms with van der Waals surface area (Å²) in [6.07, 6.45) is 0.0169. The molecule has 0 saturated heterocycles. The Morgan fingerprint density at radius 1 is 1.35 bits per heavy atom. The van der Waals surface area contributed by atoms with E-state index in [0.29, 0.717) is 17.1 Å². The van der Waals surface area contributed by atoms with Gasteiger partial charge < -0.3 is 14.8 Å². The van der Waals surface area contributed by atoms with Crippen molar-refractivity contribution in [3.8, 4) is 11.5 Å². The van der Waals surface area contributed by atoms with E-state index in [1.165, 1.54) is 0 Å². The number of hydrogen-bond acceptors (Lipinski definition) is 4. The van der Waals surface area contributed by atoms with Crippen LogP contribution < -0.4 is 14.8 Å². The van der Waals surface area contributed by atoms with Crippen LogP contribution in [-0.2, 0) is 0 Å². The summed E-state index contributed by atoms with van der Waals surface area (Å²) in [6.45, 7) is 4.10. The van der Waals surface area contributed by atoms with Crippen LogP contribution in [0.25, 0.3) is 0 Å². The van der Waals surface area contributed by atoms with Gasteiger partial charge in [-0.3, -0.25) is 4.79 Å². The summed E-state index contributed by atoms with van der Waals surface area (Å²) in [5.41, 5.74) is 0.498. The number of carbonyl (C=O) groups is 1. The van der Waals surface area contributed by atoms with Crippen molar-refractivity contribution in [1.82, 2.24) is 5.32 Å². The van der Waals surface area contributed by atoms with Crippen LogP contribution in [-0.4, -0.2) is 32.6 Å². The van der Waals surface area contributed by atoms with E-state index < -0.39 is 0 Å². The highest BCUT2D eigenvalue weighted by atomic mass is 16.5. The Morgan fingerprint density at radius 3 is 2.53 bits per heavy atom. The van der Waals surface area contributed by atoms with Gasteiger partial charge in [0.05, 0.1) is 19.8 Å². The first-order chi connectivity index (χ1) is 8.10. The standard InChI is InChI=1S/C13H19NO3/c1-9(2)17-12-7-5-6-11(16-4)13(12)10(15)8-14-3/h5-7,9,14H,8H2,1-4H3. The second-order valence-corrected chi connectivity index (χ2v) is 3.95. The predicted octanol–water partition coefficient (Wildman–Crippen LogP) is 1.88. The van der Waals surface area contributed by atoms with Gasteiger partial charge in [-0.25, -0.2) is 0 Å². The molecule has 0 aromatic heterocycles. The van der Waals surface area contributed by atoms with Crippen molar-refractivity contribution in [2.24, 2.45) is 0 Å². The number of Topliss-reactive ketones (excluding diaryl/α,β-unsaturated/α-hetero) is 1. The molecule has 0 heterocycles. The van der Waals surface area contributed by atoms with Gasteiger partial charge >= 0.3 is 0 Å². The Balaban J connectivity index is 3.15. The Morgan fingerprint density at radius 2 is 2.00 bits per heavy atom. The van der Waals surface area contributed by atoms with E-state index in [1.807, 2.05) is 19.9 Å². The molecule has 94 valence electrons. The zero-order chi connectivity index (χ0) is 12.8. The van der Waals surface area contributed by atoms with Gasteiger partial charge in [-0.2, -0.15) is 0 Å². The lowest BCUT2D eigenvalue weighted by Gasteiger charge is -2.16. The normalized spacial score (nSPS) is 10.4. The van der Waals surface area contributed by atoms with Gasteiger partial charge in [0.25, 0.3) is 0 Å². The Kier molecular flexibility index (Phi) is 4.97. The molecule has 0 spiro atoms. The summed E-state index contributed by atoms with van der Waals surface area (Å²) in [6, 6.07) is 5.36. The van der Waals surface area contributed by atoms with Crippen molar-refractivity contribution >= 4 is 5.78 Å². The van der Waals surface area contributed by atoms with Gasteiger partial charge in [0.1, 0.15) is 17.1 Å². The average Bonchev–Trinajstić information content (AvgIpc) is 2.28. The first-order valence-corrected chi connectivity index (χ1v) is 5.61. The number of benzene rings is 1. The molecule has 0 aliphatic rings. The zero-order valence-electron chi connectivity index (χ0n) is 10.7. The summed E-state index contributed by atoms with van der Waals surface area (Å²) >= 11 is 0.